The molecule has 2 N–H and O–H groups in total. The summed E-state index contributed by atoms with van der Waals surface area (Å²) in [5.74, 6) is -0.0412. The third-order valence-electron chi connectivity index (χ3n) is 2.72. The Labute approximate surface area is 97.2 Å². The number of nitrogens with two attached hydrogens (primary N) is 1. The van der Waals surface area contributed by atoms with Crippen LogP contribution in [0, 0.1) is 0 Å². The molecule has 88 valence electrons. The third kappa shape index (κ3) is 2.61. The fourth-order valence-electron chi connectivity index (χ4n) is 1.74. The van der Waals surface area contributed by atoms with Gasteiger partial charge in [-0.25, -0.2) is 0 Å². The summed E-state index contributed by atoms with van der Waals surface area (Å²) in [6, 6.07) is 9.48. The lowest BCUT2D eigenvalue weighted by Gasteiger charge is -2.29. The lowest BCUT2D eigenvalue weighted by Crippen LogP contribution is -2.49. The van der Waals surface area contributed by atoms with E-state index in [-0.39, 0.29) is 5.91 Å². The Morgan fingerprint density at radius 3 is 2.44 bits per heavy atom. The van der Waals surface area contributed by atoms with Gasteiger partial charge < -0.3 is 10.6 Å². The zero-order chi connectivity index (χ0) is 12.2. The van der Waals surface area contributed by atoms with Crippen LogP contribution in [-0.2, 0) is 10.3 Å². The molecule has 0 saturated carbocycles. The molecule has 0 aliphatic rings. The highest BCUT2D eigenvalue weighted by Gasteiger charge is 2.32. The van der Waals surface area contributed by atoms with E-state index in [0.29, 0.717) is 0 Å². The third-order valence-corrected chi connectivity index (χ3v) is 2.72. The minimum atomic E-state index is -0.939. The van der Waals surface area contributed by atoms with Crippen molar-refractivity contribution in [3.63, 3.8) is 0 Å². The zero-order valence-corrected chi connectivity index (χ0v) is 10.2. The van der Waals surface area contributed by atoms with Crippen molar-refractivity contribution < 1.29 is 4.79 Å². The highest BCUT2D eigenvalue weighted by atomic mass is 16.2. The summed E-state index contributed by atoms with van der Waals surface area (Å²) in [5.41, 5.74) is 6.03. The fourth-order valence-corrected chi connectivity index (χ4v) is 1.74. The van der Waals surface area contributed by atoms with Gasteiger partial charge in [0.2, 0.25) is 5.91 Å². The molecule has 0 aliphatic carbocycles. The van der Waals surface area contributed by atoms with Gasteiger partial charge in [-0.05, 0) is 18.9 Å². The number of benzene rings is 1. The fraction of sp³-hybridized carbons (Fsp3) is 0.462. The molecule has 0 bridgehead atoms. The van der Waals surface area contributed by atoms with E-state index < -0.39 is 5.54 Å². The molecule has 1 atom stereocenters. The first-order valence-corrected chi connectivity index (χ1v) is 5.60. The maximum Gasteiger partial charge on any atom is 0.246 e. The van der Waals surface area contributed by atoms with E-state index >= 15 is 0 Å². The van der Waals surface area contributed by atoms with E-state index in [9.17, 15) is 4.79 Å². The number of hydrogen-bond acceptors (Lipinski definition) is 2. The summed E-state index contributed by atoms with van der Waals surface area (Å²) < 4.78 is 0. The van der Waals surface area contributed by atoms with Gasteiger partial charge in [-0.15, -0.1) is 0 Å². The number of carbonyl (C=O) groups is 1. The normalized spacial score (nSPS) is 14.2. The van der Waals surface area contributed by atoms with Crippen LogP contribution in [0.2, 0.25) is 0 Å². The molecule has 0 fully saturated rings. The quantitative estimate of drug-likeness (QED) is 0.840. The predicted molar refractivity (Wildman–Crippen MR) is 65.9 cm³/mol. The van der Waals surface area contributed by atoms with Gasteiger partial charge in [0, 0.05) is 13.6 Å². The number of carbonyl (C=O) groups excluding carboxylic acids is 1. The van der Waals surface area contributed by atoms with E-state index in [1.165, 1.54) is 0 Å². The Bertz CT molecular complexity index is 346. The van der Waals surface area contributed by atoms with Crippen LogP contribution in [0.15, 0.2) is 30.3 Å². The number of rotatable bonds is 4. The largest absolute Gasteiger partial charge is 0.344 e. The van der Waals surface area contributed by atoms with Crippen molar-refractivity contribution in [2.24, 2.45) is 5.73 Å². The minimum Gasteiger partial charge on any atom is -0.344 e. The molecule has 1 rings (SSSR count). The number of nitrogens with zero attached hydrogens (tertiary/aromatic N) is 1. The van der Waals surface area contributed by atoms with Crippen molar-refractivity contribution in [1.82, 2.24) is 4.90 Å². The highest BCUT2D eigenvalue weighted by molar-refractivity contribution is 5.86. The Kier molecular flexibility index (Phi) is 4.07. The van der Waals surface area contributed by atoms with E-state index in [1.54, 1.807) is 18.9 Å². The monoisotopic (exact) mass is 220 g/mol. The minimum absolute atomic E-state index is 0.0412. The second-order valence-electron chi connectivity index (χ2n) is 4.30. The molecule has 0 saturated heterocycles. The maximum absolute atomic E-state index is 12.2. The molecule has 3 heteroatoms. The molecule has 0 radical (unpaired) electrons. The van der Waals surface area contributed by atoms with Crippen LogP contribution in [0.4, 0.5) is 0 Å². The molecule has 1 amide bonds. The molecule has 0 spiro atoms. The highest BCUT2D eigenvalue weighted by Crippen LogP contribution is 2.19. The van der Waals surface area contributed by atoms with Crippen molar-refractivity contribution in [3.05, 3.63) is 35.9 Å². The summed E-state index contributed by atoms with van der Waals surface area (Å²) in [6.45, 7) is 4.54. The van der Waals surface area contributed by atoms with Crippen molar-refractivity contribution in [1.29, 1.82) is 0 Å². The summed E-state index contributed by atoms with van der Waals surface area (Å²) in [6.07, 6.45) is 0.938. The second-order valence-corrected chi connectivity index (χ2v) is 4.30. The second kappa shape index (κ2) is 5.12. The molecular formula is C13H20N2O. The average Bonchev–Trinajstić information content (AvgIpc) is 2.29. The predicted octanol–water partition coefficient (Wildman–Crippen LogP) is 1.73. The maximum atomic E-state index is 12.2. The van der Waals surface area contributed by atoms with Crippen molar-refractivity contribution >= 4 is 5.91 Å². The van der Waals surface area contributed by atoms with Gasteiger partial charge in [0.1, 0.15) is 5.54 Å². The molecule has 0 heterocycles. The average molecular weight is 220 g/mol. The molecule has 0 aromatic heterocycles. The summed E-state index contributed by atoms with van der Waals surface area (Å²) in [5, 5.41) is 0. The summed E-state index contributed by atoms with van der Waals surface area (Å²) >= 11 is 0. The van der Waals surface area contributed by atoms with E-state index in [1.807, 2.05) is 37.3 Å². The lowest BCUT2D eigenvalue weighted by atomic mass is 9.92. The van der Waals surface area contributed by atoms with Crippen molar-refractivity contribution in [3.8, 4) is 0 Å². The van der Waals surface area contributed by atoms with E-state index in [2.05, 4.69) is 0 Å². The molecule has 1 unspecified atom stereocenters. The smallest absolute Gasteiger partial charge is 0.246 e. The van der Waals surface area contributed by atoms with Gasteiger partial charge in [-0.1, -0.05) is 37.3 Å². The van der Waals surface area contributed by atoms with E-state index in [4.69, 9.17) is 5.73 Å². The van der Waals surface area contributed by atoms with Crippen LogP contribution in [0.25, 0.3) is 0 Å². The van der Waals surface area contributed by atoms with Gasteiger partial charge in [0.15, 0.2) is 0 Å². The Morgan fingerprint density at radius 1 is 1.38 bits per heavy atom. The molecule has 16 heavy (non-hydrogen) atoms. The van der Waals surface area contributed by atoms with Crippen LogP contribution in [0.1, 0.15) is 25.8 Å². The Balaban J connectivity index is 2.89. The van der Waals surface area contributed by atoms with Crippen LogP contribution < -0.4 is 5.73 Å². The van der Waals surface area contributed by atoms with Gasteiger partial charge in [0.25, 0.3) is 0 Å². The first kappa shape index (κ1) is 12.7. The van der Waals surface area contributed by atoms with Crippen LogP contribution in [0.3, 0.4) is 0 Å². The standard InChI is InChI=1S/C13H20N2O/c1-4-10-15(3)12(16)13(2,14)11-8-6-5-7-9-11/h5-9H,4,10,14H2,1-3H3. The van der Waals surface area contributed by atoms with Crippen LogP contribution in [0.5, 0.6) is 0 Å². The molecule has 3 nitrogen and oxygen atoms in total. The van der Waals surface area contributed by atoms with Crippen LogP contribution >= 0.6 is 0 Å². The van der Waals surface area contributed by atoms with Crippen molar-refractivity contribution in [2.45, 2.75) is 25.8 Å². The first-order chi connectivity index (χ1) is 7.50. The topological polar surface area (TPSA) is 46.3 Å². The van der Waals surface area contributed by atoms with E-state index in [0.717, 1.165) is 18.5 Å². The number of amides is 1. The number of hydrogen-bond donors (Lipinski definition) is 1. The lowest BCUT2D eigenvalue weighted by molar-refractivity contribution is -0.135. The zero-order valence-electron chi connectivity index (χ0n) is 10.2. The van der Waals surface area contributed by atoms with Gasteiger partial charge in [-0.3, -0.25) is 4.79 Å². The first-order valence-electron chi connectivity index (χ1n) is 5.60. The summed E-state index contributed by atoms with van der Waals surface area (Å²) in [7, 11) is 1.79. The van der Waals surface area contributed by atoms with Gasteiger partial charge in [-0.2, -0.15) is 0 Å². The SMILES string of the molecule is CCCN(C)C(=O)C(C)(N)c1ccccc1. The Morgan fingerprint density at radius 2 is 1.94 bits per heavy atom. The van der Waals surface area contributed by atoms with Crippen molar-refractivity contribution in [2.75, 3.05) is 13.6 Å². The number of likely N-dealkylation sites (N-methyl/N-ethyl adjacent to an activating group) is 1. The van der Waals surface area contributed by atoms with Gasteiger partial charge >= 0.3 is 0 Å². The van der Waals surface area contributed by atoms with Crippen LogP contribution in [-0.4, -0.2) is 24.4 Å². The van der Waals surface area contributed by atoms with Gasteiger partial charge in [0.05, 0.1) is 0 Å². The molecule has 1 aromatic rings. The summed E-state index contributed by atoms with van der Waals surface area (Å²) in [4.78, 5) is 13.8. The Hall–Kier alpha value is -1.35. The molecular weight excluding hydrogens is 200 g/mol. The molecule has 1 aromatic carbocycles. The molecule has 0 aliphatic heterocycles.